The van der Waals surface area contributed by atoms with E-state index in [1.165, 1.54) is 0 Å². The number of aliphatic hydroxyl groups is 1. The smallest absolute Gasteiger partial charge is 0.287 e. The third-order valence-corrected chi connectivity index (χ3v) is 6.86. The van der Waals surface area contributed by atoms with Crippen molar-refractivity contribution in [2.75, 3.05) is 39.4 Å². The van der Waals surface area contributed by atoms with Crippen LogP contribution in [-0.4, -0.2) is 60.9 Å². The van der Waals surface area contributed by atoms with Crippen molar-refractivity contribution in [2.24, 2.45) is 0 Å². The Morgan fingerprint density at radius 2 is 2.03 bits per heavy atom. The van der Waals surface area contributed by atoms with Crippen molar-refractivity contribution >= 4 is 16.9 Å². The molecule has 7 nitrogen and oxygen atoms in total. The van der Waals surface area contributed by atoms with E-state index in [1.807, 2.05) is 19.1 Å². The fraction of sp³-hybridized carbons (Fsp3) is 0.609. The number of morpholine rings is 1. The van der Waals surface area contributed by atoms with Gasteiger partial charge in [0.1, 0.15) is 16.9 Å². The lowest BCUT2D eigenvalue weighted by Gasteiger charge is -2.38. The molecule has 1 saturated carbocycles. The van der Waals surface area contributed by atoms with Crippen molar-refractivity contribution in [2.45, 2.75) is 50.7 Å². The Bertz CT molecular complexity index is 941. The minimum absolute atomic E-state index is 0.218. The second-order valence-electron chi connectivity index (χ2n) is 8.83. The number of nitrogens with zero attached hydrogens (tertiary/aromatic N) is 1. The van der Waals surface area contributed by atoms with Crippen LogP contribution < -0.4 is 10.1 Å². The van der Waals surface area contributed by atoms with Crippen molar-refractivity contribution < 1.29 is 23.8 Å². The zero-order chi connectivity index (χ0) is 20.7. The standard InChI is InChI=1S/C23H30N2O5/c1-15-19-17(29-21(15)22(27)24-8-9-25-10-12-28-13-11-25)4-5-18-20(19)16(26)14-23(30-18)6-2-3-7-23/h4-5,16,26H,2-3,6-14H2,1H3,(H,24,27)/t16-/m0/s1. The third kappa shape index (κ3) is 3.49. The van der Waals surface area contributed by atoms with Crippen LogP contribution in [0.15, 0.2) is 16.5 Å². The van der Waals surface area contributed by atoms with Gasteiger partial charge in [-0.3, -0.25) is 9.69 Å². The molecule has 0 radical (unpaired) electrons. The van der Waals surface area contributed by atoms with Gasteiger partial charge in [-0.15, -0.1) is 0 Å². The molecule has 1 saturated heterocycles. The maximum atomic E-state index is 12.8. The molecule has 2 N–H and O–H groups in total. The highest BCUT2D eigenvalue weighted by molar-refractivity contribution is 6.00. The summed E-state index contributed by atoms with van der Waals surface area (Å²) in [5.74, 6) is 0.823. The molecule has 3 heterocycles. The third-order valence-electron chi connectivity index (χ3n) is 6.86. The Morgan fingerprint density at radius 3 is 2.80 bits per heavy atom. The lowest BCUT2D eigenvalue weighted by atomic mass is 9.85. The Labute approximate surface area is 176 Å². The quantitative estimate of drug-likeness (QED) is 0.800. The molecule has 2 aliphatic heterocycles. The first-order valence-electron chi connectivity index (χ1n) is 11.1. The van der Waals surface area contributed by atoms with Gasteiger partial charge in [-0.25, -0.2) is 0 Å². The average Bonchev–Trinajstić information content (AvgIpc) is 3.33. The topological polar surface area (TPSA) is 84.2 Å². The Hall–Kier alpha value is -2.09. The number of carbonyl (C=O) groups is 1. The van der Waals surface area contributed by atoms with Crippen molar-refractivity contribution in [3.8, 4) is 5.75 Å². The summed E-state index contributed by atoms with van der Waals surface area (Å²) in [5, 5.41) is 14.8. The largest absolute Gasteiger partial charge is 0.487 e. The molecule has 30 heavy (non-hydrogen) atoms. The molecule has 5 rings (SSSR count). The molecule has 1 aromatic heterocycles. The number of benzene rings is 1. The molecule has 1 amide bonds. The van der Waals surface area contributed by atoms with Gasteiger partial charge in [0.15, 0.2) is 5.76 Å². The van der Waals surface area contributed by atoms with Crippen LogP contribution in [0.5, 0.6) is 5.75 Å². The first kappa shape index (κ1) is 19.8. The fourth-order valence-electron chi connectivity index (χ4n) is 5.28. The zero-order valence-electron chi connectivity index (χ0n) is 17.5. The molecule has 1 aromatic carbocycles. The number of amides is 1. The van der Waals surface area contributed by atoms with E-state index >= 15 is 0 Å². The molecular formula is C23H30N2O5. The summed E-state index contributed by atoms with van der Waals surface area (Å²) >= 11 is 0. The summed E-state index contributed by atoms with van der Waals surface area (Å²) in [5.41, 5.74) is 1.90. The van der Waals surface area contributed by atoms with Gasteiger partial charge in [-0.1, -0.05) is 0 Å². The molecule has 0 unspecified atom stereocenters. The van der Waals surface area contributed by atoms with Crippen LogP contribution in [-0.2, 0) is 4.74 Å². The number of furan rings is 1. The average molecular weight is 415 g/mol. The molecule has 3 aliphatic rings. The Kier molecular flexibility index (Phi) is 5.21. The van der Waals surface area contributed by atoms with E-state index in [0.717, 1.165) is 80.8 Å². The van der Waals surface area contributed by atoms with Gasteiger partial charge in [-0.05, 0) is 44.7 Å². The summed E-state index contributed by atoms with van der Waals surface area (Å²) in [6.07, 6.45) is 4.26. The minimum Gasteiger partial charge on any atom is -0.487 e. The van der Waals surface area contributed by atoms with Crippen molar-refractivity contribution in [1.29, 1.82) is 0 Å². The number of fused-ring (bicyclic) bond motifs is 3. The number of rotatable bonds is 4. The summed E-state index contributed by atoms with van der Waals surface area (Å²) in [6.45, 7) is 6.51. The number of aryl methyl sites for hydroxylation is 1. The van der Waals surface area contributed by atoms with E-state index in [1.54, 1.807) is 0 Å². The summed E-state index contributed by atoms with van der Waals surface area (Å²) in [4.78, 5) is 15.1. The second kappa shape index (κ2) is 7.87. The number of hydrogen-bond donors (Lipinski definition) is 2. The number of nitrogens with one attached hydrogen (secondary N) is 1. The maximum absolute atomic E-state index is 12.8. The van der Waals surface area contributed by atoms with Crippen LogP contribution in [0.3, 0.4) is 0 Å². The Morgan fingerprint density at radius 1 is 1.27 bits per heavy atom. The zero-order valence-corrected chi connectivity index (χ0v) is 17.5. The molecular weight excluding hydrogens is 384 g/mol. The van der Waals surface area contributed by atoms with Gasteiger partial charge in [-0.2, -0.15) is 0 Å². The fourth-order valence-corrected chi connectivity index (χ4v) is 5.28. The van der Waals surface area contributed by atoms with Crippen LogP contribution in [0.2, 0.25) is 0 Å². The lowest BCUT2D eigenvalue weighted by Crippen LogP contribution is -2.41. The van der Waals surface area contributed by atoms with Gasteiger partial charge in [0.05, 0.1) is 19.3 Å². The predicted octanol–water partition coefficient (Wildman–Crippen LogP) is 2.93. The maximum Gasteiger partial charge on any atom is 0.287 e. The molecule has 7 heteroatoms. The van der Waals surface area contributed by atoms with Crippen molar-refractivity contribution in [3.05, 3.63) is 29.0 Å². The van der Waals surface area contributed by atoms with E-state index in [-0.39, 0.29) is 11.5 Å². The molecule has 162 valence electrons. The molecule has 1 atom stereocenters. The normalized spacial score (nSPS) is 23.5. The highest BCUT2D eigenvalue weighted by Crippen LogP contribution is 2.50. The second-order valence-corrected chi connectivity index (χ2v) is 8.83. The molecule has 1 aliphatic carbocycles. The first-order chi connectivity index (χ1) is 14.6. The number of carbonyl (C=O) groups excluding carboxylic acids is 1. The molecule has 0 bridgehead atoms. The molecule has 1 spiro atoms. The van der Waals surface area contributed by atoms with Crippen molar-refractivity contribution in [3.63, 3.8) is 0 Å². The number of ether oxygens (including phenoxy) is 2. The van der Waals surface area contributed by atoms with Crippen LogP contribution >= 0.6 is 0 Å². The van der Waals surface area contributed by atoms with Gasteiger partial charge in [0.25, 0.3) is 5.91 Å². The van der Waals surface area contributed by atoms with E-state index in [9.17, 15) is 9.90 Å². The van der Waals surface area contributed by atoms with Crippen LogP contribution in [0.4, 0.5) is 0 Å². The van der Waals surface area contributed by atoms with Gasteiger partial charge >= 0.3 is 0 Å². The van der Waals surface area contributed by atoms with Gasteiger partial charge < -0.3 is 24.3 Å². The SMILES string of the molecule is Cc1c(C(=O)NCCN2CCOCC2)oc2ccc3c(c12)[C@@H](O)CC1(CCCC1)O3. The van der Waals surface area contributed by atoms with E-state index in [0.29, 0.717) is 24.3 Å². The molecule has 2 fully saturated rings. The summed E-state index contributed by atoms with van der Waals surface area (Å²) in [6, 6.07) is 3.73. The summed E-state index contributed by atoms with van der Waals surface area (Å²) < 4.78 is 17.7. The van der Waals surface area contributed by atoms with Crippen LogP contribution in [0, 0.1) is 6.92 Å². The first-order valence-corrected chi connectivity index (χ1v) is 11.1. The molecule has 2 aromatic rings. The number of hydrogen-bond acceptors (Lipinski definition) is 6. The monoisotopic (exact) mass is 414 g/mol. The lowest BCUT2D eigenvalue weighted by molar-refractivity contribution is -0.00845. The van der Waals surface area contributed by atoms with Crippen molar-refractivity contribution in [1.82, 2.24) is 10.2 Å². The summed E-state index contributed by atoms with van der Waals surface area (Å²) in [7, 11) is 0. The van der Waals surface area contributed by atoms with E-state index in [4.69, 9.17) is 13.9 Å². The van der Waals surface area contributed by atoms with Gasteiger partial charge in [0, 0.05) is 49.1 Å². The minimum atomic E-state index is -0.607. The van der Waals surface area contributed by atoms with Crippen LogP contribution in [0.25, 0.3) is 11.0 Å². The van der Waals surface area contributed by atoms with E-state index in [2.05, 4.69) is 10.2 Å². The Balaban J connectivity index is 1.36. The van der Waals surface area contributed by atoms with Crippen LogP contribution in [0.1, 0.15) is 59.9 Å². The number of aliphatic hydroxyl groups excluding tert-OH is 1. The predicted molar refractivity (Wildman–Crippen MR) is 112 cm³/mol. The highest BCUT2D eigenvalue weighted by atomic mass is 16.5. The highest BCUT2D eigenvalue weighted by Gasteiger charge is 2.43. The van der Waals surface area contributed by atoms with Gasteiger partial charge in [0.2, 0.25) is 0 Å². The van der Waals surface area contributed by atoms with E-state index < -0.39 is 6.10 Å².